The number of rotatable bonds is 8. The quantitative estimate of drug-likeness (QED) is 0.595. The van der Waals surface area contributed by atoms with Gasteiger partial charge in [0.05, 0.1) is 11.5 Å². The van der Waals surface area contributed by atoms with Crippen LogP contribution >= 0.6 is 11.8 Å². The molecule has 2 amide bonds. The number of hydrogen-bond donors (Lipinski definition) is 2. The zero-order valence-corrected chi connectivity index (χ0v) is 16.0. The van der Waals surface area contributed by atoms with Crippen molar-refractivity contribution in [3.63, 3.8) is 0 Å². The predicted octanol–water partition coefficient (Wildman–Crippen LogP) is 4.09. The molecule has 0 atom stereocenters. The van der Waals surface area contributed by atoms with Crippen molar-refractivity contribution in [3.05, 3.63) is 66.4 Å². The highest BCUT2D eigenvalue weighted by atomic mass is 32.2. The van der Waals surface area contributed by atoms with E-state index in [-0.39, 0.29) is 23.3 Å². The second-order valence-corrected chi connectivity index (χ2v) is 6.84. The van der Waals surface area contributed by atoms with E-state index in [1.165, 1.54) is 11.8 Å². The number of para-hydroxylation sites is 1. The van der Waals surface area contributed by atoms with Crippen LogP contribution in [0.5, 0.6) is 11.5 Å². The summed E-state index contributed by atoms with van der Waals surface area (Å²) in [6.07, 6.45) is 0. The van der Waals surface area contributed by atoms with Gasteiger partial charge in [0.2, 0.25) is 11.8 Å². The third-order valence-electron chi connectivity index (χ3n) is 3.48. The van der Waals surface area contributed by atoms with Gasteiger partial charge in [0.1, 0.15) is 17.3 Å². The number of carbonyl (C=O) groups excluding carboxylic acids is 2. The minimum atomic E-state index is -0.242. The summed E-state index contributed by atoms with van der Waals surface area (Å²) in [7, 11) is 0. The van der Waals surface area contributed by atoms with Gasteiger partial charge in [-0.15, -0.1) is 11.8 Å². The van der Waals surface area contributed by atoms with Crippen LogP contribution < -0.4 is 15.4 Å². The molecular formula is C20H19N3O4S. The standard InChI is InChI=1S/C20H19N3O4S/c1-14-11-18(23-27-14)22-20(25)13-28-12-19(24)21-15-7-9-17(10-8-15)26-16-5-3-2-4-6-16/h2-11H,12-13H2,1H3,(H,21,24)(H,22,23,25). The molecule has 7 nitrogen and oxygen atoms in total. The van der Waals surface area contributed by atoms with Crippen LogP contribution in [0, 0.1) is 6.92 Å². The van der Waals surface area contributed by atoms with Crippen LogP contribution in [0.4, 0.5) is 11.5 Å². The molecule has 0 fully saturated rings. The Bertz CT molecular complexity index is 926. The molecule has 2 aromatic carbocycles. The molecule has 28 heavy (non-hydrogen) atoms. The molecule has 0 saturated carbocycles. The van der Waals surface area contributed by atoms with E-state index in [0.29, 0.717) is 23.0 Å². The molecule has 8 heteroatoms. The van der Waals surface area contributed by atoms with Gasteiger partial charge in [0.15, 0.2) is 5.82 Å². The molecule has 2 N–H and O–H groups in total. The molecule has 0 aliphatic carbocycles. The zero-order valence-electron chi connectivity index (χ0n) is 15.2. The van der Waals surface area contributed by atoms with Crippen LogP contribution in [0.2, 0.25) is 0 Å². The SMILES string of the molecule is Cc1cc(NC(=O)CSCC(=O)Nc2ccc(Oc3ccccc3)cc2)no1. The molecule has 0 bridgehead atoms. The Labute approximate surface area is 166 Å². The van der Waals surface area contributed by atoms with E-state index >= 15 is 0 Å². The van der Waals surface area contributed by atoms with Gasteiger partial charge >= 0.3 is 0 Å². The Balaban J connectivity index is 1.39. The van der Waals surface area contributed by atoms with Crippen LogP contribution in [-0.2, 0) is 9.59 Å². The van der Waals surface area contributed by atoms with E-state index < -0.39 is 0 Å². The molecule has 0 aliphatic heterocycles. The number of benzene rings is 2. The number of carbonyl (C=O) groups is 2. The molecule has 144 valence electrons. The molecule has 1 heterocycles. The largest absolute Gasteiger partial charge is 0.457 e. The van der Waals surface area contributed by atoms with Crippen molar-refractivity contribution < 1.29 is 18.8 Å². The highest BCUT2D eigenvalue weighted by Gasteiger charge is 2.09. The Morgan fingerprint density at radius 3 is 2.25 bits per heavy atom. The van der Waals surface area contributed by atoms with Crippen molar-refractivity contribution in [3.8, 4) is 11.5 Å². The maximum Gasteiger partial charge on any atom is 0.235 e. The number of amides is 2. The smallest absolute Gasteiger partial charge is 0.235 e. The van der Waals surface area contributed by atoms with Crippen molar-refractivity contribution in [1.29, 1.82) is 0 Å². The van der Waals surface area contributed by atoms with E-state index in [2.05, 4.69) is 15.8 Å². The van der Waals surface area contributed by atoms with E-state index in [1.807, 2.05) is 30.3 Å². The fourth-order valence-electron chi connectivity index (χ4n) is 2.27. The molecule has 3 aromatic rings. The van der Waals surface area contributed by atoms with Crippen LogP contribution in [0.1, 0.15) is 5.76 Å². The molecular weight excluding hydrogens is 378 g/mol. The van der Waals surface area contributed by atoms with E-state index in [1.54, 1.807) is 37.3 Å². The first kappa shape index (κ1) is 19.5. The Kier molecular flexibility index (Phi) is 6.69. The van der Waals surface area contributed by atoms with Gasteiger partial charge in [0.25, 0.3) is 0 Å². The lowest BCUT2D eigenvalue weighted by Crippen LogP contribution is -2.18. The summed E-state index contributed by atoms with van der Waals surface area (Å²) in [6, 6.07) is 18.2. The van der Waals surface area contributed by atoms with Gasteiger partial charge in [-0.2, -0.15) is 0 Å². The Morgan fingerprint density at radius 1 is 0.964 bits per heavy atom. The zero-order chi connectivity index (χ0) is 19.8. The molecule has 0 saturated heterocycles. The van der Waals surface area contributed by atoms with Crippen LogP contribution in [-0.4, -0.2) is 28.5 Å². The summed E-state index contributed by atoms with van der Waals surface area (Å²) in [6.45, 7) is 1.74. The third-order valence-corrected chi connectivity index (χ3v) is 4.41. The predicted molar refractivity (Wildman–Crippen MR) is 109 cm³/mol. The van der Waals surface area contributed by atoms with E-state index in [0.717, 1.165) is 5.75 Å². The van der Waals surface area contributed by atoms with Gasteiger partial charge in [-0.3, -0.25) is 9.59 Å². The third kappa shape index (κ3) is 6.17. The van der Waals surface area contributed by atoms with Gasteiger partial charge in [-0.25, -0.2) is 0 Å². The molecule has 0 radical (unpaired) electrons. The molecule has 3 rings (SSSR count). The van der Waals surface area contributed by atoms with Crippen LogP contribution in [0.3, 0.4) is 0 Å². The van der Waals surface area contributed by atoms with E-state index in [9.17, 15) is 9.59 Å². The van der Waals surface area contributed by atoms with E-state index in [4.69, 9.17) is 9.26 Å². The lowest BCUT2D eigenvalue weighted by molar-refractivity contribution is -0.114. The van der Waals surface area contributed by atoms with Crippen LogP contribution in [0.25, 0.3) is 0 Å². The van der Waals surface area contributed by atoms with Gasteiger partial charge in [0, 0.05) is 11.8 Å². The number of nitrogens with one attached hydrogen (secondary N) is 2. The highest BCUT2D eigenvalue weighted by Crippen LogP contribution is 2.22. The minimum absolute atomic E-state index is 0.142. The average Bonchev–Trinajstić information content (AvgIpc) is 3.09. The highest BCUT2D eigenvalue weighted by molar-refractivity contribution is 8.00. The summed E-state index contributed by atoms with van der Waals surface area (Å²) in [5.74, 6) is 2.28. The second-order valence-electron chi connectivity index (χ2n) is 5.85. The fourth-order valence-corrected chi connectivity index (χ4v) is 2.89. The molecule has 0 spiro atoms. The summed E-state index contributed by atoms with van der Waals surface area (Å²) in [5.41, 5.74) is 0.661. The lowest BCUT2D eigenvalue weighted by atomic mass is 10.3. The Hall–Kier alpha value is -3.26. The maximum absolute atomic E-state index is 12.0. The summed E-state index contributed by atoms with van der Waals surface area (Å²) in [5, 5.41) is 9.07. The normalized spacial score (nSPS) is 10.3. The second kappa shape index (κ2) is 9.61. The van der Waals surface area contributed by atoms with Gasteiger partial charge < -0.3 is 19.9 Å². The summed E-state index contributed by atoms with van der Waals surface area (Å²) in [4.78, 5) is 23.8. The van der Waals surface area contributed by atoms with Crippen molar-refractivity contribution in [2.45, 2.75) is 6.92 Å². The Morgan fingerprint density at radius 2 is 1.61 bits per heavy atom. The minimum Gasteiger partial charge on any atom is -0.457 e. The number of thioether (sulfide) groups is 1. The number of ether oxygens (including phenoxy) is 1. The monoisotopic (exact) mass is 397 g/mol. The molecule has 1 aromatic heterocycles. The van der Waals surface area contributed by atoms with Crippen molar-refractivity contribution in [1.82, 2.24) is 5.16 Å². The number of hydrogen-bond acceptors (Lipinski definition) is 6. The van der Waals surface area contributed by atoms with Crippen molar-refractivity contribution in [2.75, 3.05) is 22.1 Å². The maximum atomic E-state index is 12.0. The first-order chi connectivity index (χ1) is 13.6. The van der Waals surface area contributed by atoms with Gasteiger partial charge in [-0.1, -0.05) is 23.4 Å². The number of nitrogens with zero attached hydrogens (tertiary/aromatic N) is 1. The lowest BCUT2D eigenvalue weighted by Gasteiger charge is -2.08. The van der Waals surface area contributed by atoms with Crippen molar-refractivity contribution in [2.24, 2.45) is 0 Å². The summed E-state index contributed by atoms with van der Waals surface area (Å²) < 4.78 is 10.6. The fraction of sp³-hybridized carbons (Fsp3) is 0.150. The van der Waals surface area contributed by atoms with Crippen LogP contribution in [0.15, 0.2) is 65.2 Å². The summed E-state index contributed by atoms with van der Waals surface area (Å²) >= 11 is 1.21. The van der Waals surface area contributed by atoms with Gasteiger partial charge in [-0.05, 0) is 43.3 Å². The van der Waals surface area contributed by atoms with Crippen molar-refractivity contribution >= 4 is 35.1 Å². The number of anilines is 2. The number of aromatic nitrogens is 1. The topological polar surface area (TPSA) is 93.5 Å². The first-order valence-electron chi connectivity index (χ1n) is 8.52. The molecule has 0 unspecified atom stereocenters. The number of aryl methyl sites for hydroxylation is 1. The average molecular weight is 397 g/mol. The first-order valence-corrected chi connectivity index (χ1v) is 9.68. The molecule has 0 aliphatic rings.